The van der Waals surface area contributed by atoms with Gasteiger partial charge in [-0.05, 0) is 29.8 Å². The van der Waals surface area contributed by atoms with Gasteiger partial charge in [0.15, 0.2) is 11.2 Å². The Morgan fingerprint density at radius 1 is 1.11 bits per heavy atom. The molecule has 1 aromatic carbocycles. The Bertz CT molecular complexity index is 984. The lowest BCUT2D eigenvalue weighted by Gasteiger charge is -2.29. The predicted molar refractivity (Wildman–Crippen MR) is 110 cm³/mol. The lowest BCUT2D eigenvalue weighted by Crippen LogP contribution is -3.00. The molecule has 0 amide bonds. The molecule has 146 valence electrons. The summed E-state index contributed by atoms with van der Waals surface area (Å²) in [7, 11) is 6.70. The molecular formula is C22H25BrN4O. The summed E-state index contributed by atoms with van der Waals surface area (Å²) in [5, 5.41) is 0. The summed E-state index contributed by atoms with van der Waals surface area (Å²) >= 11 is 0. The fourth-order valence-corrected chi connectivity index (χ4v) is 3.33. The first kappa shape index (κ1) is 20.3. The van der Waals surface area contributed by atoms with Crippen LogP contribution in [0.15, 0.2) is 59.3 Å². The maximum Gasteiger partial charge on any atom is 0.222 e. The van der Waals surface area contributed by atoms with E-state index in [1.807, 2.05) is 18.2 Å². The van der Waals surface area contributed by atoms with Gasteiger partial charge < -0.3 is 30.8 Å². The van der Waals surface area contributed by atoms with Crippen molar-refractivity contribution in [1.29, 1.82) is 0 Å². The summed E-state index contributed by atoms with van der Waals surface area (Å²) in [6, 6.07) is 12.2. The molecular weight excluding hydrogens is 416 g/mol. The van der Waals surface area contributed by atoms with Crippen molar-refractivity contribution in [3.63, 3.8) is 0 Å². The lowest BCUT2D eigenvalue weighted by molar-refractivity contribution is -0.870. The van der Waals surface area contributed by atoms with E-state index >= 15 is 0 Å². The van der Waals surface area contributed by atoms with Gasteiger partial charge in [0.1, 0.15) is 0 Å². The summed E-state index contributed by atoms with van der Waals surface area (Å²) < 4.78 is 6.80. The first-order chi connectivity index (χ1) is 13.0. The minimum Gasteiger partial charge on any atom is -1.00 e. The SMILES string of the molecule is C[N+](C)(C)CCCN1C=C/C(=C/c2nc3ncccc3o2)c2ccccc21.[Br-]. The van der Waals surface area contributed by atoms with Gasteiger partial charge in [0.2, 0.25) is 5.89 Å². The second-order valence-corrected chi connectivity index (χ2v) is 7.87. The largest absolute Gasteiger partial charge is 1.00 e. The number of aromatic nitrogens is 2. The Morgan fingerprint density at radius 2 is 1.93 bits per heavy atom. The minimum atomic E-state index is 0. The minimum absolute atomic E-state index is 0. The Hall–Kier alpha value is -2.44. The first-order valence-corrected chi connectivity index (χ1v) is 9.28. The highest BCUT2D eigenvalue weighted by Crippen LogP contribution is 2.34. The van der Waals surface area contributed by atoms with E-state index in [0.29, 0.717) is 17.1 Å². The highest BCUT2D eigenvalue weighted by atomic mass is 79.9. The molecule has 0 aliphatic carbocycles. The number of hydrogen-bond acceptors (Lipinski definition) is 4. The number of fused-ring (bicyclic) bond motifs is 2. The fraction of sp³-hybridized carbons (Fsp3) is 0.273. The smallest absolute Gasteiger partial charge is 0.222 e. The van der Waals surface area contributed by atoms with Crippen LogP contribution in [-0.2, 0) is 0 Å². The van der Waals surface area contributed by atoms with Crippen LogP contribution in [0.2, 0.25) is 0 Å². The van der Waals surface area contributed by atoms with Gasteiger partial charge in [0.05, 0.1) is 27.7 Å². The number of para-hydroxylation sites is 1. The molecule has 3 heterocycles. The Labute approximate surface area is 176 Å². The Balaban J connectivity index is 0.00000225. The maximum absolute atomic E-state index is 5.82. The van der Waals surface area contributed by atoms with Crippen LogP contribution in [0.25, 0.3) is 22.9 Å². The number of rotatable bonds is 5. The first-order valence-electron chi connectivity index (χ1n) is 9.28. The van der Waals surface area contributed by atoms with E-state index in [0.717, 1.165) is 29.6 Å². The van der Waals surface area contributed by atoms with E-state index in [4.69, 9.17) is 4.42 Å². The second-order valence-electron chi connectivity index (χ2n) is 7.87. The monoisotopic (exact) mass is 440 g/mol. The molecule has 0 unspecified atom stereocenters. The Morgan fingerprint density at radius 3 is 2.71 bits per heavy atom. The zero-order valence-corrected chi connectivity index (χ0v) is 18.1. The van der Waals surface area contributed by atoms with E-state index < -0.39 is 0 Å². The van der Waals surface area contributed by atoms with Crippen LogP contribution in [0.1, 0.15) is 17.9 Å². The molecule has 28 heavy (non-hydrogen) atoms. The predicted octanol–water partition coefficient (Wildman–Crippen LogP) is 1.20. The Kier molecular flexibility index (Phi) is 6.01. The van der Waals surface area contributed by atoms with E-state index in [2.05, 4.69) is 72.6 Å². The lowest BCUT2D eigenvalue weighted by atomic mass is 9.99. The van der Waals surface area contributed by atoms with Crippen LogP contribution in [0.3, 0.4) is 0 Å². The average molecular weight is 441 g/mol. The van der Waals surface area contributed by atoms with Crippen molar-refractivity contribution in [2.75, 3.05) is 39.1 Å². The van der Waals surface area contributed by atoms with Gasteiger partial charge in [-0.25, -0.2) is 4.98 Å². The molecule has 3 aromatic rings. The number of hydrogen-bond donors (Lipinski definition) is 0. The number of allylic oxidation sites excluding steroid dienone is 2. The van der Waals surface area contributed by atoms with Crippen LogP contribution in [0, 0.1) is 0 Å². The van der Waals surface area contributed by atoms with E-state index in [9.17, 15) is 0 Å². The molecule has 0 saturated heterocycles. The molecule has 0 radical (unpaired) electrons. The van der Waals surface area contributed by atoms with Crippen molar-refractivity contribution in [1.82, 2.24) is 9.97 Å². The molecule has 6 heteroatoms. The molecule has 1 aliphatic rings. The van der Waals surface area contributed by atoms with Crippen molar-refractivity contribution in [2.45, 2.75) is 6.42 Å². The molecule has 0 spiro atoms. The highest BCUT2D eigenvalue weighted by molar-refractivity contribution is 5.94. The third-order valence-electron chi connectivity index (χ3n) is 4.65. The molecule has 1 aliphatic heterocycles. The molecule has 0 N–H and O–H groups in total. The van der Waals surface area contributed by atoms with Crippen molar-refractivity contribution in [2.24, 2.45) is 0 Å². The van der Waals surface area contributed by atoms with Crippen molar-refractivity contribution < 1.29 is 25.9 Å². The molecule has 5 nitrogen and oxygen atoms in total. The summed E-state index contributed by atoms with van der Waals surface area (Å²) in [5.74, 6) is 0.580. The number of quaternary nitrogens is 1. The van der Waals surface area contributed by atoms with Crippen molar-refractivity contribution in [3.05, 3.63) is 66.3 Å². The second kappa shape index (κ2) is 8.29. The zero-order valence-electron chi connectivity index (χ0n) is 16.5. The van der Waals surface area contributed by atoms with Gasteiger partial charge in [0.25, 0.3) is 0 Å². The van der Waals surface area contributed by atoms with Crippen molar-refractivity contribution in [3.8, 4) is 0 Å². The summed E-state index contributed by atoms with van der Waals surface area (Å²) in [5.41, 5.74) is 4.86. The third kappa shape index (κ3) is 4.51. The molecule has 0 fully saturated rings. The summed E-state index contributed by atoms with van der Waals surface area (Å²) in [6.45, 7) is 2.15. The van der Waals surface area contributed by atoms with Crippen LogP contribution in [-0.4, -0.2) is 48.7 Å². The topological polar surface area (TPSA) is 42.2 Å². The van der Waals surface area contributed by atoms with Crippen LogP contribution >= 0.6 is 0 Å². The number of anilines is 1. The fourth-order valence-electron chi connectivity index (χ4n) is 3.33. The van der Waals surface area contributed by atoms with Gasteiger partial charge in [-0.3, -0.25) is 0 Å². The van der Waals surface area contributed by atoms with E-state index in [1.165, 1.54) is 11.3 Å². The molecule has 0 bridgehead atoms. The number of halogens is 1. The number of pyridine rings is 1. The normalized spacial score (nSPS) is 15.0. The maximum atomic E-state index is 5.82. The standard InChI is InChI=1S/C22H25N4O.BrH/c1-26(2,3)15-7-13-25-14-11-17(18-8-4-5-9-19(18)25)16-21-24-22-20(27-21)10-6-12-23-22;/h4-6,8-12,14,16H,7,13,15H2,1-3H3;1H/q+1;/p-1/b17-16-;. The van der Waals surface area contributed by atoms with Gasteiger partial charge in [0, 0.05) is 42.7 Å². The van der Waals surface area contributed by atoms with Crippen LogP contribution < -0.4 is 21.9 Å². The average Bonchev–Trinajstić information content (AvgIpc) is 3.05. The molecule has 0 saturated carbocycles. The molecule has 4 rings (SSSR count). The summed E-state index contributed by atoms with van der Waals surface area (Å²) in [6.07, 6.45) is 9.14. The molecule has 2 aromatic heterocycles. The third-order valence-corrected chi connectivity index (χ3v) is 4.65. The number of benzene rings is 1. The quantitative estimate of drug-likeness (QED) is 0.559. The van der Waals surface area contributed by atoms with Crippen LogP contribution in [0.5, 0.6) is 0 Å². The summed E-state index contributed by atoms with van der Waals surface area (Å²) in [4.78, 5) is 11.0. The zero-order chi connectivity index (χ0) is 18.9. The van der Waals surface area contributed by atoms with E-state index in [1.54, 1.807) is 6.20 Å². The molecule has 0 atom stereocenters. The number of nitrogens with zero attached hydrogens (tertiary/aromatic N) is 4. The van der Waals surface area contributed by atoms with Gasteiger partial charge in [-0.15, -0.1) is 0 Å². The van der Waals surface area contributed by atoms with Crippen molar-refractivity contribution >= 4 is 28.6 Å². The van der Waals surface area contributed by atoms with Gasteiger partial charge in [-0.1, -0.05) is 18.2 Å². The van der Waals surface area contributed by atoms with Gasteiger partial charge >= 0.3 is 0 Å². The van der Waals surface area contributed by atoms with E-state index in [-0.39, 0.29) is 17.0 Å². The van der Waals surface area contributed by atoms with Gasteiger partial charge in [-0.2, -0.15) is 4.98 Å². The highest BCUT2D eigenvalue weighted by Gasteiger charge is 2.17. The number of oxazole rings is 1. The van der Waals surface area contributed by atoms with Crippen LogP contribution in [0.4, 0.5) is 5.69 Å².